The number of aromatic amines is 1. The number of benzene rings is 11. The number of fused-ring (bicyclic) bond motifs is 4. The monoisotopic (exact) mass is 1490 g/mol. The molecule has 0 radical (unpaired) electrons. The Bertz CT molecular complexity index is 5060. The highest BCUT2D eigenvalue weighted by Crippen LogP contribution is 2.46. The van der Waals surface area contributed by atoms with Crippen LogP contribution in [-0.4, -0.2) is 42.4 Å². The summed E-state index contributed by atoms with van der Waals surface area (Å²) in [6.45, 7) is 33.9. The van der Waals surface area contributed by atoms with Gasteiger partial charge in [0, 0.05) is 84.3 Å². The molecule has 558 valence electrons. The second-order valence-electron chi connectivity index (χ2n) is 29.2. The maximum Gasteiger partial charge on any atom is 0.197 e. The fourth-order valence-electron chi connectivity index (χ4n) is 14.1. The molecule has 1 aromatic heterocycles. The number of nitrogens with two attached hydrogens (primary N) is 2. The zero-order chi connectivity index (χ0) is 78.2. The number of ether oxygens (including phenoxy) is 2. The van der Waals surface area contributed by atoms with E-state index in [1.807, 2.05) is 152 Å². The summed E-state index contributed by atoms with van der Waals surface area (Å²) in [6, 6.07) is 68.4. The minimum Gasteiger partial charge on any atom is -0.497 e. The summed E-state index contributed by atoms with van der Waals surface area (Å²) in [7, 11) is 3.23. The van der Waals surface area contributed by atoms with Gasteiger partial charge in [-0.3, -0.25) is 9.59 Å². The maximum atomic E-state index is 12.8. The quantitative estimate of drug-likeness (QED) is 0.0701. The van der Waals surface area contributed by atoms with Gasteiger partial charge in [0.15, 0.2) is 11.2 Å². The first-order valence-corrected chi connectivity index (χ1v) is 39.0. The third kappa shape index (κ3) is 22.1. The molecule has 12 aromatic rings. The average molecular weight is 1490 g/mol. The molecule has 0 saturated heterocycles. The number of thioether (sulfide) groups is 2. The van der Waals surface area contributed by atoms with E-state index in [2.05, 4.69) is 211 Å². The van der Waals surface area contributed by atoms with Crippen LogP contribution in [-0.2, 0) is 6.42 Å². The number of aliphatic hydroxyl groups is 1. The number of aryl methyl sites for hydroxylation is 16. The van der Waals surface area contributed by atoms with Gasteiger partial charge in [0.2, 0.25) is 0 Å². The van der Waals surface area contributed by atoms with Gasteiger partial charge in [-0.25, -0.2) is 0 Å². The van der Waals surface area contributed by atoms with Gasteiger partial charge in [-0.2, -0.15) is 0 Å². The molecule has 12 heteroatoms. The van der Waals surface area contributed by atoms with Crippen molar-refractivity contribution in [3.63, 3.8) is 0 Å². The normalized spacial score (nSPS) is 14.3. The van der Waals surface area contributed by atoms with Gasteiger partial charge in [0.1, 0.15) is 11.5 Å². The Hall–Kier alpha value is -9.95. The number of hydrogen-bond donors (Lipinski definition) is 6. The first-order chi connectivity index (χ1) is 51.4. The number of anilines is 3. The number of methoxy groups -OCH3 is 2. The lowest BCUT2D eigenvalue weighted by Crippen LogP contribution is -2.28. The molecule has 3 aliphatic heterocycles. The number of aliphatic hydroxyl groups excluding tert-OH is 1. The van der Waals surface area contributed by atoms with Gasteiger partial charge in [-0.1, -0.05) is 167 Å². The highest BCUT2D eigenvalue weighted by atomic mass is 32.2. The van der Waals surface area contributed by atoms with Crippen LogP contribution in [0.1, 0.15) is 145 Å². The number of hydrogen-bond acceptors (Lipinski definition) is 11. The van der Waals surface area contributed by atoms with E-state index in [9.17, 15) is 14.7 Å². The van der Waals surface area contributed by atoms with Crippen molar-refractivity contribution in [2.24, 2.45) is 0 Å². The van der Waals surface area contributed by atoms with Crippen molar-refractivity contribution in [2.75, 3.05) is 43.3 Å². The van der Waals surface area contributed by atoms with E-state index in [1.165, 1.54) is 104 Å². The van der Waals surface area contributed by atoms with E-state index in [4.69, 9.17) is 20.9 Å². The number of rotatable bonds is 6. The molecule has 0 aliphatic carbocycles. The zero-order valence-electron chi connectivity index (χ0n) is 66.1. The van der Waals surface area contributed by atoms with Gasteiger partial charge in [-0.15, -0.1) is 24.4 Å². The summed E-state index contributed by atoms with van der Waals surface area (Å²) in [5.74, 6) is 2.81. The Morgan fingerprint density at radius 1 is 0.472 bits per heavy atom. The number of Topliss-reactive ketones (excluding diaryl/α,β-unsaturated/α-hetero) is 1. The molecule has 108 heavy (non-hydrogen) atoms. The molecule has 3 atom stereocenters. The van der Waals surface area contributed by atoms with Crippen LogP contribution in [0.5, 0.6) is 11.5 Å². The van der Waals surface area contributed by atoms with E-state index in [-0.39, 0.29) is 23.0 Å². The smallest absolute Gasteiger partial charge is 0.197 e. The number of ketones is 1. The molecule has 9 nitrogen and oxygen atoms in total. The molecule has 4 heterocycles. The fraction of sp³-hybridized carbons (Fsp3) is 0.250. The summed E-state index contributed by atoms with van der Waals surface area (Å²) in [5.41, 5.74) is 44.7. The minimum atomic E-state index is -0.394. The van der Waals surface area contributed by atoms with Crippen LogP contribution >= 0.6 is 36.2 Å². The van der Waals surface area contributed by atoms with Crippen LogP contribution in [0.25, 0.3) is 27.6 Å². The van der Waals surface area contributed by atoms with E-state index < -0.39 is 6.10 Å². The van der Waals surface area contributed by atoms with Gasteiger partial charge in [-0.05, 0) is 289 Å². The molecule has 0 spiro atoms. The van der Waals surface area contributed by atoms with Crippen LogP contribution in [0.4, 0.5) is 17.1 Å². The zero-order valence-corrected chi connectivity index (χ0v) is 68.6. The number of allylic oxidation sites excluding steroid dienone is 1. The van der Waals surface area contributed by atoms with Gasteiger partial charge in [0.05, 0.1) is 26.2 Å². The third-order valence-corrected chi connectivity index (χ3v) is 21.8. The predicted octanol–water partition coefficient (Wildman–Crippen LogP) is 23.7. The van der Waals surface area contributed by atoms with Crippen LogP contribution < -0.4 is 31.7 Å². The summed E-state index contributed by atoms with van der Waals surface area (Å²) in [5, 5.41) is 17.3. The molecular weight excluding hydrogens is 1390 g/mol. The lowest BCUT2D eigenvalue weighted by atomic mass is 9.84. The largest absolute Gasteiger partial charge is 0.497 e. The molecule has 0 fully saturated rings. The topological polar surface area (TPSA) is 153 Å². The van der Waals surface area contributed by atoms with E-state index in [1.54, 1.807) is 20.3 Å². The second-order valence-corrected chi connectivity index (χ2v) is 31.6. The summed E-state index contributed by atoms with van der Waals surface area (Å²) in [6.07, 6.45) is 2.47. The molecule has 7 N–H and O–H groups in total. The van der Waals surface area contributed by atoms with Gasteiger partial charge >= 0.3 is 0 Å². The van der Waals surface area contributed by atoms with Crippen molar-refractivity contribution < 1.29 is 19.4 Å². The van der Waals surface area contributed by atoms with E-state index >= 15 is 0 Å². The number of nitrogen functional groups attached to an aromatic ring is 2. The number of nitrogens with one attached hydrogen (secondary N) is 2. The Balaban J connectivity index is 0.000000149. The Labute approximate surface area is 655 Å². The van der Waals surface area contributed by atoms with Crippen molar-refractivity contribution >= 4 is 75.5 Å². The average Bonchev–Trinajstić information content (AvgIpc) is 0.792. The SMILES string of the molecule is COc1cc(S)cc(OC)c1.Cc1cc(C)cc(N)c1.Cc1cc(C)cc(N)c1.Cc1ccc(-c2c[nH]c3cc(C)cc(C)c3c2=O)cc1.Cc1ccc(C2=CSc3cc(C)cc(C)c3C2)cc1.Cc1ccc(C2CNc3cc(C)cc(C)c3C2=O)cc1.Cc1ccc(C2CSc3cc(C)cc(C)c3C2O)cc1. The number of aromatic nitrogens is 1. The Morgan fingerprint density at radius 2 is 0.926 bits per heavy atom. The third-order valence-electron chi connectivity index (χ3n) is 19.3. The van der Waals surface area contributed by atoms with Gasteiger partial charge < -0.3 is 36.3 Å². The van der Waals surface area contributed by atoms with E-state index in [0.29, 0.717) is 6.54 Å². The van der Waals surface area contributed by atoms with Crippen molar-refractivity contribution in [3.8, 4) is 22.6 Å². The highest BCUT2D eigenvalue weighted by Gasteiger charge is 2.32. The Morgan fingerprint density at radius 3 is 1.45 bits per heavy atom. The lowest BCUT2D eigenvalue weighted by molar-refractivity contribution is 0.0959. The lowest BCUT2D eigenvalue weighted by Gasteiger charge is -2.31. The van der Waals surface area contributed by atoms with Crippen LogP contribution in [0.15, 0.2) is 231 Å². The summed E-state index contributed by atoms with van der Waals surface area (Å²) >= 11 is 7.90. The van der Waals surface area contributed by atoms with Crippen molar-refractivity contribution in [2.45, 2.75) is 150 Å². The number of carbonyl (C=O) groups is 1. The molecular formula is C96H106N4O5S3. The molecule has 15 rings (SSSR count). The number of carbonyl (C=O) groups excluding carboxylic acids is 1. The minimum absolute atomic E-state index is 0.0792. The number of thiol groups is 1. The Kier molecular flexibility index (Phi) is 28.7. The highest BCUT2D eigenvalue weighted by molar-refractivity contribution is 8.02. The molecule has 3 unspecified atom stereocenters. The van der Waals surface area contributed by atoms with Crippen molar-refractivity contribution in [1.82, 2.24) is 4.98 Å². The summed E-state index contributed by atoms with van der Waals surface area (Å²) < 4.78 is 10.0. The second kappa shape index (κ2) is 37.7. The first-order valence-electron chi connectivity index (χ1n) is 36.7. The van der Waals surface area contributed by atoms with Crippen molar-refractivity contribution in [1.29, 1.82) is 0 Å². The molecule has 11 aromatic carbocycles. The van der Waals surface area contributed by atoms with Gasteiger partial charge in [0.25, 0.3) is 0 Å². The number of H-pyrrole nitrogens is 1. The van der Waals surface area contributed by atoms with E-state index in [0.717, 1.165) is 101 Å². The first kappa shape index (κ1) is 82.1. The van der Waals surface area contributed by atoms with Crippen LogP contribution in [0.3, 0.4) is 0 Å². The maximum absolute atomic E-state index is 12.8. The molecule has 0 saturated carbocycles. The predicted molar refractivity (Wildman–Crippen MR) is 464 cm³/mol. The van der Waals surface area contributed by atoms with Crippen molar-refractivity contribution in [3.05, 3.63) is 344 Å². The number of pyridine rings is 1. The molecule has 3 aliphatic rings. The molecule has 0 bridgehead atoms. The standard InChI is InChI=1S/C18H19NO.C18H17NO.C18H20OS.C18H18S.2C8H11N.C8H10O2S/c2*1-11-4-6-14(7-5-11)15-10-19-16-9-12(2)8-13(3)17(16)18(15)20;1-11-4-6-14(7-5-11)15-10-20-16-9-12(2)8-13(3)17(16)18(15)19;1-12-4-6-15(7-5-12)16-10-17-14(3)8-13(2)9-18(17)19-11-16;2*1-6-3-7(2)5-8(9)4-6;1-9-6-3-7(10-2)5-8(11)4-6/h4-9,15,19H,10H2,1-3H3;4-10H,1-3H3,(H,19,20);4-9,15,18-19H,10H2,1-3H3;4-9,11H,10H2,1-3H3;2*3-5H,9H2,1-2H3;3-5,11H,1-2H3. The fourth-order valence-corrected chi connectivity index (χ4v) is 16.9. The summed E-state index contributed by atoms with van der Waals surface area (Å²) in [4.78, 5) is 32.3. The molecule has 0 amide bonds. The van der Waals surface area contributed by atoms with Crippen LogP contribution in [0.2, 0.25) is 0 Å². The van der Waals surface area contributed by atoms with Crippen LogP contribution in [0, 0.1) is 111 Å².